The van der Waals surface area contributed by atoms with Crippen LogP contribution in [0.3, 0.4) is 0 Å². The molecule has 0 aliphatic heterocycles. The van der Waals surface area contributed by atoms with Gasteiger partial charge in [-0.25, -0.2) is 4.39 Å². The third-order valence-electron chi connectivity index (χ3n) is 3.23. The Balaban J connectivity index is 2.10. The van der Waals surface area contributed by atoms with Crippen LogP contribution in [0.2, 0.25) is 0 Å². The molecule has 0 radical (unpaired) electrons. The average Bonchev–Trinajstić information content (AvgIpc) is 2.61. The highest BCUT2D eigenvalue weighted by molar-refractivity contribution is 7.80. The first-order valence-corrected chi connectivity index (χ1v) is 8.11. The van der Waals surface area contributed by atoms with E-state index in [-0.39, 0.29) is 22.1 Å². The molecule has 0 bridgehead atoms. The molecule has 2 rings (SSSR count). The number of para-hydroxylation sites is 1. The number of benzene rings is 2. The second-order valence-corrected chi connectivity index (χ2v) is 5.58. The Bertz CT molecular complexity index is 845. The highest BCUT2D eigenvalue weighted by Gasteiger charge is 2.16. The summed E-state index contributed by atoms with van der Waals surface area (Å²) in [5.74, 6) is -0.880. The third kappa shape index (κ3) is 4.96. The summed E-state index contributed by atoms with van der Waals surface area (Å²) < 4.78 is 19.3. The van der Waals surface area contributed by atoms with Crippen LogP contribution in [-0.2, 0) is 0 Å². The van der Waals surface area contributed by atoms with Crippen molar-refractivity contribution >= 4 is 34.6 Å². The molecule has 0 aliphatic rings. The Morgan fingerprint density at radius 3 is 2.73 bits per heavy atom. The second kappa shape index (κ2) is 8.86. The van der Waals surface area contributed by atoms with Crippen molar-refractivity contribution < 1.29 is 18.8 Å². The molecule has 0 atom stereocenters. The summed E-state index contributed by atoms with van der Waals surface area (Å²) in [6, 6.07) is 9.59. The predicted molar refractivity (Wildman–Crippen MR) is 99.0 cm³/mol. The Kier molecular flexibility index (Phi) is 6.56. The van der Waals surface area contributed by atoms with E-state index in [4.69, 9.17) is 17.0 Å². The van der Waals surface area contributed by atoms with Crippen molar-refractivity contribution in [3.8, 4) is 5.75 Å². The van der Waals surface area contributed by atoms with E-state index < -0.39 is 16.6 Å². The number of anilines is 1. The van der Waals surface area contributed by atoms with Crippen molar-refractivity contribution in [1.29, 1.82) is 0 Å². The molecule has 0 aliphatic carbocycles. The molecule has 26 heavy (non-hydrogen) atoms. The molecule has 7 nitrogen and oxygen atoms in total. The zero-order chi connectivity index (χ0) is 19.1. The van der Waals surface area contributed by atoms with Gasteiger partial charge in [-0.2, -0.15) is 0 Å². The largest absolute Gasteiger partial charge is 0.493 e. The highest BCUT2D eigenvalue weighted by Crippen LogP contribution is 2.21. The number of carbonyl (C=O) groups excluding carboxylic acids is 1. The standard InChI is InChI=1S/C17H16FN3O4S/c1-2-9-25-15-6-4-3-5-12(15)16(22)20-17(26)19-14-10-11(21(23)24)7-8-13(14)18/h3-8,10H,2,9H2,1H3,(H2,19,20,22,26). The third-order valence-corrected chi connectivity index (χ3v) is 3.43. The van der Waals surface area contributed by atoms with Crippen LogP contribution in [0.1, 0.15) is 23.7 Å². The molecule has 0 unspecified atom stereocenters. The zero-order valence-corrected chi connectivity index (χ0v) is 14.6. The van der Waals surface area contributed by atoms with E-state index in [1.807, 2.05) is 6.92 Å². The first-order chi connectivity index (χ1) is 12.4. The molecule has 0 saturated heterocycles. The summed E-state index contributed by atoms with van der Waals surface area (Å²) in [6.07, 6.45) is 0.780. The van der Waals surface area contributed by atoms with Gasteiger partial charge in [-0.15, -0.1) is 0 Å². The maximum absolute atomic E-state index is 13.8. The lowest BCUT2D eigenvalue weighted by atomic mass is 10.2. The summed E-state index contributed by atoms with van der Waals surface area (Å²) in [5.41, 5.74) is -0.244. The second-order valence-electron chi connectivity index (χ2n) is 5.17. The van der Waals surface area contributed by atoms with Gasteiger partial charge in [0, 0.05) is 12.1 Å². The number of carbonyl (C=O) groups is 1. The molecule has 0 aromatic heterocycles. The predicted octanol–water partition coefficient (Wildman–Crippen LogP) is 3.65. The van der Waals surface area contributed by atoms with E-state index in [1.165, 1.54) is 0 Å². The maximum atomic E-state index is 13.8. The van der Waals surface area contributed by atoms with Gasteiger partial charge in [-0.05, 0) is 36.8 Å². The van der Waals surface area contributed by atoms with E-state index in [0.717, 1.165) is 24.6 Å². The molecule has 0 heterocycles. The van der Waals surface area contributed by atoms with Gasteiger partial charge in [0.25, 0.3) is 11.6 Å². The van der Waals surface area contributed by atoms with Crippen LogP contribution in [0.5, 0.6) is 5.75 Å². The van der Waals surface area contributed by atoms with Crippen LogP contribution < -0.4 is 15.4 Å². The van der Waals surface area contributed by atoms with E-state index >= 15 is 0 Å². The minimum Gasteiger partial charge on any atom is -0.493 e. The van der Waals surface area contributed by atoms with Gasteiger partial charge < -0.3 is 10.1 Å². The number of nitrogens with one attached hydrogen (secondary N) is 2. The fraction of sp³-hybridized carbons (Fsp3) is 0.176. The average molecular weight is 377 g/mol. The van der Waals surface area contributed by atoms with Crippen LogP contribution in [0.15, 0.2) is 42.5 Å². The molecular weight excluding hydrogens is 361 g/mol. The molecule has 0 spiro atoms. The lowest BCUT2D eigenvalue weighted by Crippen LogP contribution is -2.34. The number of rotatable bonds is 6. The Hall–Kier alpha value is -3.07. The quantitative estimate of drug-likeness (QED) is 0.453. The number of nitro benzene ring substituents is 1. The van der Waals surface area contributed by atoms with Crippen molar-refractivity contribution in [1.82, 2.24) is 5.32 Å². The normalized spacial score (nSPS) is 10.1. The minimum atomic E-state index is -0.737. The van der Waals surface area contributed by atoms with Gasteiger partial charge in [-0.3, -0.25) is 20.2 Å². The summed E-state index contributed by atoms with van der Waals surface area (Å²) in [4.78, 5) is 22.5. The molecule has 0 saturated carbocycles. The van der Waals surface area contributed by atoms with E-state index in [2.05, 4.69) is 10.6 Å². The fourth-order valence-electron chi connectivity index (χ4n) is 2.04. The van der Waals surface area contributed by atoms with Crippen molar-refractivity contribution in [2.45, 2.75) is 13.3 Å². The van der Waals surface area contributed by atoms with Crippen LogP contribution in [0.4, 0.5) is 15.8 Å². The molecule has 0 fully saturated rings. The Morgan fingerprint density at radius 2 is 2.04 bits per heavy atom. The summed E-state index contributed by atoms with van der Waals surface area (Å²) >= 11 is 4.99. The summed E-state index contributed by atoms with van der Waals surface area (Å²) in [6.45, 7) is 2.39. The summed E-state index contributed by atoms with van der Waals surface area (Å²) in [7, 11) is 0. The van der Waals surface area contributed by atoms with Crippen molar-refractivity contribution in [3.63, 3.8) is 0 Å². The number of hydrogen-bond acceptors (Lipinski definition) is 5. The molecule has 1 amide bonds. The number of halogens is 1. The number of nitrogens with zero attached hydrogens (tertiary/aromatic N) is 1. The number of thiocarbonyl (C=S) groups is 1. The highest BCUT2D eigenvalue weighted by atomic mass is 32.1. The van der Waals surface area contributed by atoms with Crippen LogP contribution in [0.25, 0.3) is 0 Å². The van der Waals surface area contributed by atoms with Crippen LogP contribution in [0, 0.1) is 15.9 Å². The number of hydrogen-bond donors (Lipinski definition) is 2. The van der Waals surface area contributed by atoms with Gasteiger partial charge in [0.15, 0.2) is 5.11 Å². The monoisotopic (exact) mass is 377 g/mol. The van der Waals surface area contributed by atoms with Crippen molar-refractivity contribution in [2.24, 2.45) is 0 Å². The van der Waals surface area contributed by atoms with Gasteiger partial charge in [0.05, 0.1) is 22.8 Å². The molecule has 2 aromatic carbocycles. The first-order valence-electron chi connectivity index (χ1n) is 7.70. The summed E-state index contributed by atoms with van der Waals surface area (Å²) in [5, 5.41) is 15.4. The first kappa shape index (κ1) is 19.3. The number of ether oxygens (including phenoxy) is 1. The van der Waals surface area contributed by atoms with Gasteiger partial charge in [0.2, 0.25) is 0 Å². The number of non-ortho nitro benzene ring substituents is 1. The van der Waals surface area contributed by atoms with E-state index in [1.54, 1.807) is 24.3 Å². The molecule has 136 valence electrons. The minimum absolute atomic E-state index is 0.195. The van der Waals surface area contributed by atoms with Crippen molar-refractivity contribution in [2.75, 3.05) is 11.9 Å². The fourth-order valence-corrected chi connectivity index (χ4v) is 2.24. The topological polar surface area (TPSA) is 93.5 Å². The Morgan fingerprint density at radius 1 is 1.31 bits per heavy atom. The van der Waals surface area contributed by atoms with Gasteiger partial charge in [0.1, 0.15) is 11.6 Å². The Labute approximate surface area is 154 Å². The molecule has 2 aromatic rings. The van der Waals surface area contributed by atoms with Gasteiger partial charge >= 0.3 is 0 Å². The maximum Gasteiger partial charge on any atom is 0.271 e. The van der Waals surface area contributed by atoms with E-state index in [9.17, 15) is 19.3 Å². The molecule has 2 N–H and O–H groups in total. The lowest BCUT2D eigenvalue weighted by molar-refractivity contribution is -0.384. The SMILES string of the molecule is CCCOc1ccccc1C(=O)NC(=S)Nc1cc([N+](=O)[O-])ccc1F. The zero-order valence-electron chi connectivity index (χ0n) is 13.8. The smallest absolute Gasteiger partial charge is 0.271 e. The lowest BCUT2D eigenvalue weighted by Gasteiger charge is -2.13. The number of nitro groups is 1. The van der Waals surface area contributed by atoms with Crippen LogP contribution in [-0.4, -0.2) is 22.5 Å². The van der Waals surface area contributed by atoms with Crippen LogP contribution >= 0.6 is 12.2 Å². The van der Waals surface area contributed by atoms with E-state index in [0.29, 0.717) is 12.4 Å². The van der Waals surface area contributed by atoms with Gasteiger partial charge in [-0.1, -0.05) is 19.1 Å². The molecule has 9 heteroatoms. The van der Waals surface area contributed by atoms with Crippen molar-refractivity contribution in [3.05, 3.63) is 64.0 Å². The number of amides is 1. The molecular formula is C17H16FN3O4S.